The van der Waals surface area contributed by atoms with Gasteiger partial charge in [-0.05, 0) is 55.3 Å². The molecule has 2 aromatic rings. The van der Waals surface area contributed by atoms with Crippen molar-refractivity contribution < 1.29 is 19.4 Å². The Labute approximate surface area is 136 Å². The Morgan fingerprint density at radius 1 is 0.957 bits per heavy atom. The summed E-state index contributed by atoms with van der Waals surface area (Å²) >= 11 is 0. The molecule has 1 N–H and O–H groups in total. The van der Waals surface area contributed by atoms with Gasteiger partial charge in [-0.3, -0.25) is 4.79 Å². The maximum atomic E-state index is 12.3. The molecule has 0 spiro atoms. The van der Waals surface area contributed by atoms with Crippen LogP contribution in [0.25, 0.3) is 0 Å². The lowest BCUT2D eigenvalue weighted by Gasteiger charge is -2.23. The number of hydrogen-bond acceptors (Lipinski definition) is 4. The highest BCUT2D eigenvalue weighted by Crippen LogP contribution is 2.28. The van der Waals surface area contributed by atoms with Crippen LogP contribution < -0.4 is 9.47 Å². The van der Waals surface area contributed by atoms with Crippen LogP contribution in [0.15, 0.2) is 48.5 Å². The van der Waals surface area contributed by atoms with E-state index in [1.54, 1.807) is 57.5 Å². The van der Waals surface area contributed by atoms with E-state index in [0.717, 1.165) is 11.3 Å². The van der Waals surface area contributed by atoms with Crippen LogP contribution in [0.4, 0.5) is 0 Å². The third-order valence-corrected chi connectivity index (χ3v) is 3.96. The lowest BCUT2D eigenvalue weighted by atomic mass is 9.89. The number of Topliss-reactive ketones (excluding diaryl/α,β-unsaturated/α-hetero) is 1. The van der Waals surface area contributed by atoms with Crippen LogP contribution >= 0.6 is 0 Å². The molecule has 0 saturated heterocycles. The minimum absolute atomic E-state index is 0.00133. The quantitative estimate of drug-likeness (QED) is 0.794. The van der Waals surface area contributed by atoms with Crippen LogP contribution in [0.5, 0.6) is 11.5 Å². The van der Waals surface area contributed by atoms with E-state index in [1.807, 2.05) is 12.1 Å². The van der Waals surface area contributed by atoms with Crippen molar-refractivity contribution in [3.05, 3.63) is 59.7 Å². The van der Waals surface area contributed by atoms with Gasteiger partial charge in [0.05, 0.1) is 19.8 Å². The molecule has 2 rings (SSSR count). The van der Waals surface area contributed by atoms with E-state index in [2.05, 4.69) is 0 Å². The van der Waals surface area contributed by atoms with E-state index in [0.29, 0.717) is 17.7 Å². The maximum absolute atomic E-state index is 12.3. The number of aliphatic hydroxyl groups is 1. The van der Waals surface area contributed by atoms with Gasteiger partial charge in [-0.1, -0.05) is 12.1 Å². The first kappa shape index (κ1) is 17.0. The van der Waals surface area contributed by atoms with Gasteiger partial charge in [-0.25, -0.2) is 0 Å². The Morgan fingerprint density at radius 2 is 1.43 bits per heavy atom. The van der Waals surface area contributed by atoms with Gasteiger partial charge < -0.3 is 14.6 Å². The summed E-state index contributed by atoms with van der Waals surface area (Å²) in [5, 5.41) is 10.6. The molecule has 23 heavy (non-hydrogen) atoms. The molecule has 0 bridgehead atoms. The molecule has 0 saturated carbocycles. The van der Waals surface area contributed by atoms with Gasteiger partial charge in [0.15, 0.2) is 5.78 Å². The summed E-state index contributed by atoms with van der Waals surface area (Å²) in [7, 11) is 3.18. The normalized spacial score (nSPS) is 13.2. The fraction of sp³-hybridized carbons (Fsp3) is 0.316. The molecule has 0 aliphatic rings. The fourth-order valence-corrected chi connectivity index (χ4v) is 2.37. The molecule has 1 unspecified atom stereocenters. The highest BCUT2D eigenvalue weighted by Gasteiger charge is 2.24. The van der Waals surface area contributed by atoms with Gasteiger partial charge in [-0.2, -0.15) is 0 Å². The molecule has 0 aromatic heterocycles. The zero-order valence-corrected chi connectivity index (χ0v) is 13.7. The molecular formula is C19H22O4. The van der Waals surface area contributed by atoms with Gasteiger partial charge in [-0.15, -0.1) is 0 Å². The maximum Gasteiger partial charge on any atom is 0.162 e. The van der Waals surface area contributed by atoms with Crippen molar-refractivity contribution >= 4 is 5.78 Å². The molecule has 0 fully saturated rings. The zero-order valence-electron chi connectivity index (χ0n) is 13.7. The van der Waals surface area contributed by atoms with Crippen LogP contribution in [-0.4, -0.2) is 25.1 Å². The Morgan fingerprint density at radius 3 is 1.91 bits per heavy atom. The third-order valence-electron chi connectivity index (χ3n) is 3.96. The molecule has 0 aliphatic carbocycles. The Balaban J connectivity index is 2.00. The SMILES string of the molecule is COc1ccc(C(=O)CCC(C)(O)c2ccc(OC)cc2)cc1. The molecular weight excluding hydrogens is 292 g/mol. The van der Waals surface area contributed by atoms with Crippen molar-refractivity contribution in [2.45, 2.75) is 25.4 Å². The minimum Gasteiger partial charge on any atom is -0.497 e. The van der Waals surface area contributed by atoms with E-state index >= 15 is 0 Å². The van der Waals surface area contributed by atoms with Gasteiger partial charge in [0.25, 0.3) is 0 Å². The number of ether oxygens (including phenoxy) is 2. The third kappa shape index (κ3) is 4.33. The Hall–Kier alpha value is -2.33. The number of benzene rings is 2. The molecule has 0 aliphatic heterocycles. The topological polar surface area (TPSA) is 55.8 Å². The number of carbonyl (C=O) groups excluding carboxylic acids is 1. The summed E-state index contributed by atoms with van der Waals surface area (Å²) in [4.78, 5) is 12.3. The van der Waals surface area contributed by atoms with Crippen molar-refractivity contribution in [1.29, 1.82) is 0 Å². The summed E-state index contributed by atoms with van der Waals surface area (Å²) in [5.41, 5.74) is 0.325. The molecule has 4 heteroatoms. The number of hydrogen-bond donors (Lipinski definition) is 1. The first-order valence-electron chi connectivity index (χ1n) is 7.50. The monoisotopic (exact) mass is 314 g/mol. The molecule has 122 valence electrons. The highest BCUT2D eigenvalue weighted by atomic mass is 16.5. The van der Waals surface area contributed by atoms with Crippen molar-refractivity contribution in [2.75, 3.05) is 14.2 Å². The summed E-state index contributed by atoms with van der Waals surface area (Å²) in [6.45, 7) is 1.72. The van der Waals surface area contributed by atoms with Crippen molar-refractivity contribution in [1.82, 2.24) is 0 Å². The van der Waals surface area contributed by atoms with Crippen LogP contribution in [-0.2, 0) is 5.60 Å². The zero-order chi connectivity index (χ0) is 16.9. The van der Waals surface area contributed by atoms with E-state index in [9.17, 15) is 9.90 Å². The van der Waals surface area contributed by atoms with Crippen LogP contribution in [0.3, 0.4) is 0 Å². The van der Waals surface area contributed by atoms with Crippen LogP contribution in [0.1, 0.15) is 35.7 Å². The first-order valence-corrected chi connectivity index (χ1v) is 7.50. The summed E-state index contributed by atoms with van der Waals surface area (Å²) in [6.07, 6.45) is 0.621. The predicted octanol–water partition coefficient (Wildman–Crippen LogP) is 3.57. The number of ketones is 1. The summed E-state index contributed by atoms with van der Waals surface area (Å²) in [6, 6.07) is 14.2. The second-order valence-corrected chi connectivity index (χ2v) is 5.65. The highest BCUT2D eigenvalue weighted by molar-refractivity contribution is 5.96. The van der Waals surface area contributed by atoms with Crippen molar-refractivity contribution in [2.24, 2.45) is 0 Å². The number of rotatable bonds is 7. The van der Waals surface area contributed by atoms with Crippen molar-refractivity contribution in [3.63, 3.8) is 0 Å². The molecule has 2 aromatic carbocycles. The van der Waals surface area contributed by atoms with Gasteiger partial charge in [0.1, 0.15) is 11.5 Å². The van der Waals surface area contributed by atoms with E-state index in [1.165, 1.54) is 0 Å². The smallest absolute Gasteiger partial charge is 0.162 e. The standard InChI is InChI=1S/C19H22O4/c1-19(21,15-6-10-17(23-3)11-7-15)13-12-18(20)14-4-8-16(22-2)9-5-14/h4-11,21H,12-13H2,1-3H3. The lowest BCUT2D eigenvalue weighted by Crippen LogP contribution is -2.22. The number of methoxy groups -OCH3 is 2. The van der Waals surface area contributed by atoms with Crippen LogP contribution in [0, 0.1) is 0 Å². The van der Waals surface area contributed by atoms with Gasteiger partial charge in [0.2, 0.25) is 0 Å². The largest absolute Gasteiger partial charge is 0.497 e. The minimum atomic E-state index is -1.06. The summed E-state index contributed by atoms with van der Waals surface area (Å²) in [5.74, 6) is 1.45. The van der Waals surface area contributed by atoms with Gasteiger partial charge >= 0.3 is 0 Å². The lowest BCUT2D eigenvalue weighted by molar-refractivity contribution is 0.0436. The predicted molar refractivity (Wildman–Crippen MR) is 89.1 cm³/mol. The first-order chi connectivity index (χ1) is 11.0. The number of carbonyl (C=O) groups is 1. The van der Waals surface area contributed by atoms with E-state index in [4.69, 9.17) is 9.47 Å². The van der Waals surface area contributed by atoms with E-state index in [-0.39, 0.29) is 12.2 Å². The molecule has 0 heterocycles. The Bertz CT molecular complexity index is 642. The molecule has 0 amide bonds. The molecule has 0 radical (unpaired) electrons. The summed E-state index contributed by atoms with van der Waals surface area (Å²) < 4.78 is 10.2. The second-order valence-electron chi connectivity index (χ2n) is 5.65. The van der Waals surface area contributed by atoms with Gasteiger partial charge in [0, 0.05) is 12.0 Å². The average Bonchev–Trinajstić information content (AvgIpc) is 2.60. The second kappa shape index (κ2) is 7.29. The average molecular weight is 314 g/mol. The molecule has 4 nitrogen and oxygen atoms in total. The fourth-order valence-electron chi connectivity index (χ4n) is 2.37. The van der Waals surface area contributed by atoms with E-state index < -0.39 is 5.60 Å². The van der Waals surface area contributed by atoms with Crippen molar-refractivity contribution in [3.8, 4) is 11.5 Å². The molecule has 1 atom stereocenters. The van der Waals surface area contributed by atoms with Crippen LogP contribution in [0.2, 0.25) is 0 Å². The Kier molecular flexibility index (Phi) is 5.40.